The Labute approximate surface area is 138 Å². The molecule has 0 bridgehead atoms. The highest BCUT2D eigenvalue weighted by molar-refractivity contribution is 7.92. The SMILES string of the molecule is CNCCCNS(=O)(=O)c1ccccc1S(=O)(=O)N(C)C.Cl. The number of hydrogen-bond acceptors (Lipinski definition) is 5. The maximum absolute atomic E-state index is 12.3. The summed E-state index contributed by atoms with van der Waals surface area (Å²) in [6.07, 6.45) is 0.609. The monoisotopic (exact) mass is 371 g/mol. The van der Waals surface area contributed by atoms with Crippen molar-refractivity contribution in [3.8, 4) is 0 Å². The first-order valence-corrected chi connectivity index (χ1v) is 9.31. The van der Waals surface area contributed by atoms with Gasteiger partial charge in [0.1, 0.15) is 9.79 Å². The van der Waals surface area contributed by atoms with E-state index in [9.17, 15) is 16.8 Å². The Morgan fingerprint density at radius 1 is 1.00 bits per heavy atom. The van der Waals surface area contributed by atoms with E-state index in [-0.39, 0.29) is 28.7 Å². The molecule has 0 aromatic heterocycles. The second-order valence-electron chi connectivity index (χ2n) is 4.59. The average Bonchev–Trinajstić information content (AvgIpc) is 2.43. The lowest BCUT2D eigenvalue weighted by Crippen LogP contribution is -2.30. The number of rotatable bonds is 8. The summed E-state index contributed by atoms with van der Waals surface area (Å²) < 4.78 is 52.3. The lowest BCUT2D eigenvalue weighted by Gasteiger charge is -2.15. The number of benzene rings is 1. The normalized spacial score (nSPS) is 12.2. The van der Waals surface area contributed by atoms with Crippen molar-refractivity contribution in [1.82, 2.24) is 14.3 Å². The van der Waals surface area contributed by atoms with E-state index in [2.05, 4.69) is 10.0 Å². The number of nitrogens with one attached hydrogen (secondary N) is 2. The van der Waals surface area contributed by atoms with E-state index < -0.39 is 20.0 Å². The van der Waals surface area contributed by atoms with Crippen LogP contribution in [0.1, 0.15) is 6.42 Å². The molecule has 1 rings (SSSR count). The second-order valence-corrected chi connectivity index (χ2v) is 8.44. The van der Waals surface area contributed by atoms with Crippen molar-refractivity contribution in [1.29, 1.82) is 0 Å². The summed E-state index contributed by atoms with van der Waals surface area (Å²) in [7, 11) is -3.20. The van der Waals surface area contributed by atoms with Crippen molar-refractivity contribution in [3.63, 3.8) is 0 Å². The van der Waals surface area contributed by atoms with Crippen LogP contribution in [0.15, 0.2) is 34.1 Å². The molecule has 0 aliphatic rings. The molecule has 0 heterocycles. The summed E-state index contributed by atoms with van der Waals surface area (Å²) in [5.41, 5.74) is 0. The predicted octanol–water partition coefficient (Wildman–Crippen LogP) is 0.247. The molecule has 0 spiro atoms. The quantitative estimate of drug-likeness (QED) is 0.638. The van der Waals surface area contributed by atoms with Gasteiger partial charge in [0.25, 0.3) is 0 Å². The van der Waals surface area contributed by atoms with Crippen molar-refractivity contribution in [2.75, 3.05) is 34.2 Å². The Hall–Kier alpha value is -0.710. The fourth-order valence-electron chi connectivity index (χ4n) is 1.63. The number of hydrogen-bond donors (Lipinski definition) is 2. The Kier molecular flexibility index (Phi) is 8.52. The van der Waals surface area contributed by atoms with Gasteiger partial charge < -0.3 is 5.32 Å². The summed E-state index contributed by atoms with van der Waals surface area (Å²) in [4.78, 5) is -0.459. The van der Waals surface area contributed by atoms with Gasteiger partial charge in [-0.15, -0.1) is 12.4 Å². The largest absolute Gasteiger partial charge is 0.320 e. The maximum atomic E-state index is 12.3. The van der Waals surface area contributed by atoms with Crippen LogP contribution in [0.5, 0.6) is 0 Å². The molecule has 10 heteroatoms. The molecular weight excluding hydrogens is 350 g/mol. The van der Waals surface area contributed by atoms with Gasteiger partial charge in [0.15, 0.2) is 0 Å². The number of nitrogens with zero attached hydrogens (tertiary/aromatic N) is 1. The standard InChI is InChI=1S/C12H21N3O4S2.ClH/c1-13-9-6-10-14-20(16,17)11-7-4-5-8-12(11)21(18,19)15(2)3;/h4-5,7-8,13-14H,6,9-10H2,1-3H3;1H. The molecule has 1 aromatic carbocycles. The lowest BCUT2D eigenvalue weighted by atomic mass is 10.4. The van der Waals surface area contributed by atoms with Gasteiger partial charge in [0.05, 0.1) is 0 Å². The molecule has 0 aliphatic carbocycles. The van der Waals surface area contributed by atoms with E-state index in [0.29, 0.717) is 13.0 Å². The summed E-state index contributed by atoms with van der Waals surface area (Å²) in [6.45, 7) is 0.902. The smallest absolute Gasteiger partial charge is 0.243 e. The molecule has 0 saturated carbocycles. The second kappa shape index (κ2) is 8.80. The van der Waals surface area contributed by atoms with E-state index in [0.717, 1.165) is 4.31 Å². The van der Waals surface area contributed by atoms with Crippen LogP contribution in [0.2, 0.25) is 0 Å². The highest BCUT2D eigenvalue weighted by Gasteiger charge is 2.27. The van der Waals surface area contributed by atoms with Gasteiger partial charge in [-0.1, -0.05) is 12.1 Å². The molecular formula is C12H22ClN3O4S2. The van der Waals surface area contributed by atoms with Gasteiger partial charge in [0.2, 0.25) is 20.0 Å². The minimum absolute atomic E-state index is 0. The molecule has 1 aromatic rings. The molecule has 0 amide bonds. The van der Waals surface area contributed by atoms with Crippen molar-refractivity contribution in [3.05, 3.63) is 24.3 Å². The number of halogens is 1. The van der Waals surface area contributed by atoms with Crippen LogP contribution in [0.4, 0.5) is 0 Å². The summed E-state index contributed by atoms with van der Waals surface area (Å²) in [5.74, 6) is 0. The first-order chi connectivity index (χ1) is 9.73. The molecule has 0 saturated heterocycles. The van der Waals surface area contributed by atoms with Crippen LogP contribution in [-0.4, -0.2) is 55.4 Å². The Bertz CT molecular complexity index is 675. The fraction of sp³-hybridized carbons (Fsp3) is 0.500. The first-order valence-electron chi connectivity index (χ1n) is 6.39. The van der Waals surface area contributed by atoms with Crippen molar-refractivity contribution >= 4 is 32.5 Å². The molecule has 2 N–H and O–H groups in total. The molecule has 22 heavy (non-hydrogen) atoms. The Morgan fingerprint density at radius 2 is 1.55 bits per heavy atom. The summed E-state index contributed by atoms with van der Waals surface area (Å²) >= 11 is 0. The van der Waals surface area contributed by atoms with Crippen molar-refractivity contribution < 1.29 is 16.8 Å². The van der Waals surface area contributed by atoms with Crippen molar-refractivity contribution in [2.45, 2.75) is 16.2 Å². The van der Waals surface area contributed by atoms with Crippen LogP contribution >= 0.6 is 12.4 Å². The number of sulfonamides is 2. The summed E-state index contributed by atoms with van der Waals surface area (Å²) in [5, 5.41) is 2.91. The fourth-order valence-corrected chi connectivity index (χ4v) is 4.40. The zero-order valence-corrected chi connectivity index (χ0v) is 15.2. The van der Waals surface area contributed by atoms with E-state index in [1.807, 2.05) is 0 Å². The first kappa shape index (κ1) is 21.3. The van der Waals surface area contributed by atoms with Gasteiger partial charge in [0, 0.05) is 20.6 Å². The van der Waals surface area contributed by atoms with Gasteiger partial charge in [-0.05, 0) is 32.1 Å². The molecule has 0 aliphatic heterocycles. The van der Waals surface area contributed by atoms with Crippen LogP contribution in [0, 0.1) is 0 Å². The Balaban J connectivity index is 0.00000441. The van der Waals surface area contributed by atoms with Crippen molar-refractivity contribution in [2.24, 2.45) is 0 Å². The third kappa shape index (κ3) is 5.18. The minimum Gasteiger partial charge on any atom is -0.320 e. The van der Waals surface area contributed by atoms with Gasteiger partial charge >= 0.3 is 0 Å². The Morgan fingerprint density at radius 3 is 2.05 bits per heavy atom. The zero-order valence-electron chi connectivity index (χ0n) is 12.7. The van der Waals surface area contributed by atoms with E-state index in [1.165, 1.54) is 38.4 Å². The van der Waals surface area contributed by atoms with Crippen LogP contribution in [-0.2, 0) is 20.0 Å². The molecule has 0 unspecified atom stereocenters. The van der Waals surface area contributed by atoms with E-state index in [4.69, 9.17) is 0 Å². The summed E-state index contributed by atoms with van der Waals surface area (Å²) in [6, 6.07) is 5.57. The van der Waals surface area contributed by atoms with Gasteiger partial charge in [-0.3, -0.25) is 0 Å². The minimum atomic E-state index is -3.87. The lowest BCUT2D eigenvalue weighted by molar-refractivity contribution is 0.516. The third-order valence-corrected chi connectivity index (χ3v) is 6.31. The van der Waals surface area contributed by atoms with Gasteiger partial charge in [-0.2, -0.15) is 0 Å². The van der Waals surface area contributed by atoms with Crippen LogP contribution < -0.4 is 10.0 Å². The highest BCUT2D eigenvalue weighted by Crippen LogP contribution is 2.22. The molecule has 128 valence electrons. The zero-order chi connectivity index (χ0) is 16.1. The van der Waals surface area contributed by atoms with Crippen LogP contribution in [0.3, 0.4) is 0 Å². The predicted molar refractivity (Wildman–Crippen MR) is 88.3 cm³/mol. The maximum Gasteiger partial charge on any atom is 0.243 e. The van der Waals surface area contributed by atoms with E-state index >= 15 is 0 Å². The average molecular weight is 372 g/mol. The molecule has 0 fully saturated rings. The molecule has 7 nitrogen and oxygen atoms in total. The van der Waals surface area contributed by atoms with Gasteiger partial charge in [-0.25, -0.2) is 25.9 Å². The highest BCUT2D eigenvalue weighted by atomic mass is 35.5. The topological polar surface area (TPSA) is 95.6 Å². The molecule has 0 radical (unpaired) electrons. The molecule has 0 atom stereocenters. The third-order valence-electron chi connectivity index (χ3n) is 2.79. The van der Waals surface area contributed by atoms with Crippen LogP contribution in [0.25, 0.3) is 0 Å². The van der Waals surface area contributed by atoms with E-state index in [1.54, 1.807) is 7.05 Å².